The Kier molecular flexibility index (Phi) is 2.62. The largest absolute Gasteiger partial charge is 0.328 e. The Balaban J connectivity index is 0.000000360. The summed E-state index contributed by atoms with van der Waals surface area (Å²) in [5.74, 6) is 0.880. The van der Waals surface area contributed by atoms with Gasteiger partial charge in [-0.3, -0.25) is 0 Å². The van der Waals surface area contributed by atoms with E-state index in [9.17, 15) is 0 Å². The summed E-state index contributed by atoms with van der Waals surface area (Å²) in [7, 11) is 0. The van der Waals surface area contributed by atoms with Crippen LogP contribution < -0.4 is 5.73 Å². The molecule has 0 saturated heterocycles. The van der Waals surface area contributed by atoms with Gasteiger partial charge < -0.3 is 5.73 Å². The first kappa shape index (κ1) is 7.25. The molecule has 7 heavy (non-hydrogen) atoms. The van der Waals surface area contributed by atoms with Gasteiger partial charge in [0.1, 0.15) is 0 Å². The number of hydrogen-bond acceptors (Lipinski definition) is 1. The number of hydrogen-bond donors (Lipinski definition) is 1. The Bertz CT molecular complexity index is 50.0. The predicted octanol–water partition coefficient (Wildman–Crippen LogP) is 1.17. The monoisotopic (exact) mass is 121 g/mol. The van der Waals surface area contributed by atoms with E-state index >= 15 is 0 Å². The lowest BCUT2D eigenvalue weighted by Gasteiger charge is -1.95. The molecule has 0 amide bonds. The van der Waals surface area contributed by atoms with E-state index in [0.29, 0.717) is 6.04 Å². The molecule has 44 valence electrons. The van der Waals surface area contributed by atoms with Crippen LogP contribution in [0.4, 0.5) is 0 Å². The molecule has 0 aromatic heterocycles. The fourth-order valence-electron chi connectivity index (χ4n) is 0.622. The first-order valence-electron chi connectivity index (χ1n) is 2.56. The molecule has 0 aromatic rings. The molecule has 1 aliphatic rings. The Morgan fingerprint density at radius 3 is 2.00 bits per heavy atom. The quantitative estimate of drug-likeness (QED) is 0.554. The van der Waals surface area contributed by atoms with Crippen LogP contribution in [0.1, 0.15) is 19.8 Å². The van der Waals surface area contributed by atoms with E-state index in [1.807, 2.05) is 0 Å². The van der Waals surface area contributed by atoms with E-state index in [1.54, 1.807) is 0 Å². The average Bonchev–Trinajstić information content (AvgIpc) is 2.06. The van der Waals surface area contributed by atoms with Crippen molar-refractivity contribution in [3.63, 3.8) is 0 Å². The highest BCUT2D eigenvalue weighted by atomic mass is 35.5. The molecular weight excluding hydrogens is 110 g/mol. The lowest BCUT2D eigenvalue weighted by Crippen LogP contribution is -2.16. The highest BCUT2D eigenvalue weighted by Crippen LogP contribution is 2.30. The van der Waals surface area contributed by atoms with Gasteiger partial charge in [-0.1, -0.05) is 0 Å². The smallest absolute Gasteiger partial charge is 0.00387 e. The number of nitrogens with two attached hydrogens (primary N) is 1. The van der Waals surface area contributed by atoms with E-state index < -0.39 is 0 Å². The topological polar surface area (TPSA) is 26.0 Å². The van der Waals surface area contributed by atoms with Crippen molar-refractivity contribution in [1.82, 2.24) is 0 Å². The summed E-state index contributed by atoms with van der Waals surface area (Å²) in [6.45, 7) is 2.08. The van der Waals surface area contributed by atoms with Crippen LogP contribution in [0.2, 0.25) is 0 Å². The first-order valence-corrected chi connectivity index (χ1v) is 2.56. The minimum absolute atomic E-state index is 0. The summed E-state index contributed by atoms with van der Waals surface area (Å²) in [6.07, 6.45) is 2.75. The second-order valence-electron chi connectivity index (χ2n) is 2.20. The molecule has 1 aliphatic carbocycles. The van der Waals surface area contributed by atoms with Crippen molar-refractivity contribution in [3.05, 3.63) is 0 Å². The van der Waals surface area contributed by atoms with Crippen LogP contribution in [0.3, 0.4) is 0 Å². The van der Waals surface area contributed by atoms with Crippen LogP contribution in [0, 0.1) is 5.92 Å². The molecule has 1 nitrogen and oxygen atoms in total. The summed E-state index contributed by atoms with van der Waals surface area (Å²) in [5.41, 5.74) is 5.50. The molecule has 1 atom stereocenters. The normalized spacial score (nSPS) is 23.1. The van der Waals surface area contributed by atoms with E-state index in [4.69, 9.17) is 5.73 Å². The van der Waals surface area contributed by atoms with Gasteiger partial charge in [0.25, 0.3) is 0 Å². The molecule has 0 bridgehead atoms. The van der Waals surface area contributed by atoms with Gasteiger partial charge in [-0.25, -0.2) is 0 Å². The Labute approximate surface area is 50.7 Å². The molecule has 1 fully saturated rings. The van der Waals surface area contributed by atoms with Crippen molar-refractivity contribution >= 4 is 12.4 Å². The maximum Gasteiger partial charge on any atom is 0.00387 e. The van der Waals surface area contributed by atoms with Gasteiger partial charge in [0.05, 0.1) is 0 Å². The Morgan fingerprint density at radius 1 is 1.57 bits per heavy atom. The predicted molar refractivity (Wildman–Crippen MR) is 33.6 cm³/mol. The van der Waals surface area contributed by atoms with Gasteiger partial charge in [0.2, 0.25) is 0 Å². The maximum atomic E-state index is 5.50. The minimum atomic E-state index is 0. The standard InChI is InChI=1S/C5H11N.ClH/c1-4(6)5-2-3-5;/h4-5H,2-3,6H2,1H3;1H/t4-;/m1./s1. The SMILES string of the molecule is C[C@@H](N)C1CC1.Cl. The highest BCUT2D eigenvalue weighted by molar-refractivity contribution is 5.85. The molecular formula is C5H12ClN. The van der Waals surface area contributed by atoms with Gasteiger partial charge >= 0.3 is 0 Å². The zero-order valence-electron chi connectivity index (χ0n) is 4.55. The van der Waals surface area contributed by atoms with Crippen LogP contribution in [0.15, 0.2) is 0 Å². The van der Waals surface area contributed by atoms with E-state index in [0.717, 1.165) is 5.92 Å². The molecule has 0 radical (unpaired) electrons. The van der Waals surface area contributed by atoms with Crippen LogP contribution in [-0.2, 0) is 0 Å². The van der Waals surface area contributed by atoms with Crippen molar-refractivity contribution in [2.45, 2.75) is 25.8 Å². The van der Waals surface area contributed by atoms with Crippen LogP contribution in [0.25, 0.3) is 0 Å². The van der Waals surface area contributed by atoms with Crippen molar-refractivity contribution in [3.8, 4) is 0 Å². The molecule has 0 aliphatic heterocycles. The lowest BCUT2D eigenvalue weighted by molar-refractivity contribution is 0.650. The van der Waals surface area contributed by atoms with Gasteiger partial charge in [-0.2, -0.15) is 0 Å². The average molecular weight is 122 g/mol. The molecule has 0 spiro atoms. The molecule has 1 saturated carbocycles. The second kappa shape index (κ2) is 2.53. The molecule has 0 heterocycles. The van der Waals surface area contributed by atoms with E-state index in [-0.39, 0.29) is 12.4 Å². The third kappa shape index (κ3) is 2.15. The zero-order valence-corrected chi connectivity index (χ0v) is 5.37. The van der Waals surface area contributed by atoms with E-state index in [2.05, 4.69) is 6.92 Å². The number of rotatable bonds is 1. The van der Waals surface area contributed by atoms with Gasteiger partial charge in [0, 0.05) is 6.04 Å². The van der Waals surface area contributed by atoms with Crippen LogP contribution in [-0.4, -0.2) is 6.04 Å². The lowest BCUT2D eigenvalue weighted by atomic mass is 10.2. The molecule has 2 N–H and O–H groups in total. The zero-order chi connectivity index (χ0) is 4.57. The molecule has 1 rings (SSSR count). The highest BCUT2D eigenvalue weighted by Gasteiger charge is 2.24. The fraction of sp³-hybridized carbons (Fsp3) is 1.00. The van der Waals surface area contributed by atoms with Crippen molar-refractivity contribution in [1.29, 1.82) is 0 Å². The van der Waals surface area contributed by atoms with Gasteiger partial charge in [0.15, 0.2) is 0 Å². The van der Waals surface area contributed by atoms with Crippen LogP contribution in [0.5, 0.6) is 0 Å². The Morgan fingerprint density at radius 2 is 2.00 bits per heavy atom. The third-order valence-corrected chi connectivity index (χ3v) is 1.37. The van der Waals surface area contributed by atoms with Gasteiger partial charge in [-0.05, 0) is 25.7 Å². The van der Waals surface area contributed by atoms with Crippen molar-refractivity contribution in [2.75, 3.05) is 0 Å². The summed E-state index contributed by atoms with van der Waals surface area (Å²) < 4.78 is 0. The minimum Gasteiger partial charge on any atom is -0.328 e. The summed E-state index contributed by atoms with van der Waals surface area (Å²) in [6, 6.07) is 0.463. The second-order valence-corrected chi connectivity index (χ2v) is 2.20. The molecule has 0 unspecified atom stereocenters. The maximum absolute atomic E-state index is 5.50. The summed E-state index contributed by atoms with van der Waals surface area (Å²) >= 11 is 0. The number of halogens is 1. The van der Waals surface area contributed by atoms with Gasteiger partial charge in [-0.15, -0.1) is 12.4 Å². The summed E-state index contributed by atoms with van der Waals surface area (Å²) in [4.78, 5) is 0. The van der Waals surface area contributed by atoms with E-state index in [1.165, 1.54) is 12.8 Å². The molecule has 2 heteroatoms. The first-order chi connectivity index (χ1) is 2.80. The Hall–Kier alpha value is 0.250. The van der Waals surface area contributed by atoms with Crippen molar-refractivity contribution < 1.29 is 0 Å². The summed E-state index contributed by atoms with van der Waals surface area (Å²) in [5, 5.41) is 0. The third-order valence-electron chi connectivity index (χ3n) is 1.37. The fourth-order valence-corrected chi connectivity index (χ4v) is 0.622. The molecule has 0 aromatic carbocycles. The van der Waals surface area contributed by atoms with Crippen molar-refractivity contribution in [2.24, 2.45) is 11.7 Å². The van der Waals surface area contributed by atoms with Crippen LogP contribution >= 0.6 is 12.4 Å².